The van der Waals surface area contributed by atoms with Crippen molar-refractivity contribution in [3.8, 4) is 0 Å². The van der Waals surface area contributed by atoms with Gasteiger partial charge >= 0.3 is 0 Å². The van der Waals surface area contributed by atoms with Gasteiger partial charge in [-0.1, -0.05) is 19.9 Å². The van der Waals surface area contributed by atoms with Gasteiger partial charge < -0.3 is 10.1 Å². The number of benzene rings is 1. The molecule has 0 aromatic heterocycles. The molecule has 21 heavy (non-hydrogen) atoms. The van der Waals surface area contributed by atoms with E-state index in [1.165, 1.54) is 0 Å². The second kappa shape index (κ2) is 6.02. The number of ether oxygens (including phenoxy) is 1. The third-order valence-corrected chi connectivity index (χ3v) is 4.94. The van der Waals surface area contributed by atoms with E-state index in [1.54, 1.807) is 19.1 Å². The van der Waals surface area contributed by atoms with Gasteiger partial charge in [-0.05, 0) is 32.8 Å². The number of nitro groups is 1. The Kier molecular flexibility index (Phi) is 4.52. The first-order valence-corrected chi connectivity index (χ1v) is 7.56. The third-order valence-electron chi connectivity index (χ3n) is 4.94. The van der Waals surface area contributed by atoms with Crippen molar-refractivity contribution in [2.45, 2.75) is 52.7 Å². The second-order valence-electron chi connectivity index (χ2n) is 5.94. The van der Waals surface area contributed by atoms with Crippen LogP contribution in [0.1, 0.15) is 39.2 Å². The van der Waals surface area contributed by atoms with Gasteiger partial charge in [0.1, 0.15) is 0 Å². The number of hydrogen-bond donors (Lipinski definition) is 1. The first-order valence-electron chi connectivity index (χ1n) is 7.56. The average molecular weight is 292 g/mol. The van der Waals surface area contributed by atoms with Gasteiger partial charge in [-0.15, -0.1) is 0 Å². The van der Waals surface area contributed by atoms with E-state index in [2.05, 4.69) is 19.2 Å². The monoisotopic (exact) mass is 292 g/mol. The lowest BCUT2D eigenvalue weighted by atomic mass is 9.61. The van der Waals surface area contributed by atoms with E-state index in [4.69, 9.17) is 4.74 Å². The first-order chi connectivity index (χ1) is 9.93. The summed E-state index contributed by atoms with van der Waals surface area (Å²) in [6.07, 6.45) is 2.23. The molecule has 0 radical (unpaired) electrons. The Bertz CT molecular complexity index is 532. The van der Waals surface area contributed by atoms with Crippen molar-refractivity contribution in [1.82, 2.24) is 0 Å². The van der Waals surface area contributed by atoms with Gasteiger partial charge in [-0.2, -0.15) is 0 Å². The maximum Gasteiger partial charge on any atom is 0.274 e. The summed E-state index contributed by atoms with van der Waals surface area (Å²) in [7, 11) is 0. The molecule has 5 heteroatoms. The van der Waals surface area contributed by atoms with Crippen LogP contribution in [0.15, 0.2) is 18.2 Å². The molecule has 1 aromatic rings. The van der Waals surface area contributed by atoms with Crippen LogP contribution in [0.2, 0.25) is 0 Å². The topological polar surface area (TPSA) is 64.4 Å². The molecule has 0 aliphatic heterocycles. The number of anilines is 1. The number of nitro benzene ring substituents is 1. The molecule has 0 amide bonds. The molecule has 1 aromatic carbocycles. The maximum absolute atomic E-state index is 11.0. The second-order valence-corrected chi connectivity index (χ2v) is 5.94. The molecular weight excluding hydrogens is 268 g/mol. The Hall–Kier alpha value is -1.62. The van der Waals surface area contributed by atoms with Crippen LogP contribution < -0.4 is 5.32 Å². The summed E-state index contributed by atoms with van der Waals surface area (Å²) in [6.45, 7) is 8.92. The molecule has 5 nitrogen and oxygen atoms in total. The van der Waals surface area contributed by atoms with Crippen LogP contribution in [0.5, 0.6) is 0 Å². The van der Waals surface area contributed by atoms with Gasteiger partial charge in [0.2, 0.25) is 0 Å². The lowest BCUT2D eigenvalue weighted by molar-refractivity contribution is -0.385. The molecule has 0 saturated heterocycles. The quantitative estimate of drug-likeness (QED) is 0.637. The smallest absolute Gasteiger partial charge is 0.274 e. The fraction of sp³-hybridized carbons (Fsp3) is 0.625. The fourth-order valence-electron chi connectivity index (χ4n) is 3.14. The maximum atomic E-state index is 11.0. The van der Waals surface area contributed by atoms with Crippen LogP contribution in [-0.2, 0) is 4.74 Å². The minimum atomic E-state index is -0.330. The predicted molar refractivity (Wildman–Crippen MR) is 83.7 cm³/mol. The first kappa shape index (κ1) is 15.8. The van der Waals surface area contributed by atoms with Crippen molar-refractivity contribution < 1.29 is 9.66 Å². The summed E-state index contributed by atoms with van der Waals surface area (Å²) in [4.78, 5) is 10.7. The largest absolute Gasteiger partial charge is 0.381 e. The van der Waals surface area contributed by atoms with Crippen molar-refractivity contribution in [2.75, 3.05) is 11.9 Å². The normalized spacial score (nSPS) is 28.0. The molecule has 0 bridgehead atoms. The van der Waals surface area contributed by atoms with E-state index in [9.17, 15) is 10.1 Å². The van der Waals surface area contributed by atoms with Crippen molar-refractivity contribution in [2.24, 2.45) is 5.41 Å². The number of hydrogen-bond acceptors (Lipinski definition) is 4. The Morgan fingerprint density at radius 1 is 1.48 bits per heavy atom. The SMILES string of the molecule is CCOC1CC(Nc2cccc([N+](=O)[O-])c2C)C1(C)CC. The predicted octanol–water partition coefficient (Wildman–Crippen LogP) is 3.91. The van der Waals surface area contributed by atoms with Crippen LogP contribution in [-0.4, -0.2) is 23.7 Å². The summed E-state index contributed by atoms with van der Waals surface area (Å²) in [6, 6.07) is 5.48. The van der Waals surface area contributed by atoms with Crippen LogP contribution in [0, 0.1) is 22.5 Å². The summed E-state index contributed by atoms with van der Waals surface area (Å²) in [5.74, 6) is 0. The van der Waals surface area contributed by atoms with Crippen molar-refractivity contribution in [3.63, 3.8) is 0 Å². The zero-order valence-electron chi connectivity index (χ0n) is 13.2. The van der Waals surface area contributed by atoms with Gasteiger partial charge in [-0.3, -0.25) is 10.1 Å². The Morgan fingerprint density at radius 2 is 2.19 bits per heavy atom. The minimum Gasteiger partial charge on any atom is -0.381 e. The minimum absolute atomic E-state index is 0.0765. The number of rotatable bonds is 6. The molecule has 3 atom stereocenters. The van der Waals surface area contributed by atoms with Gasteiger partial charge in [0.25, 0.3) is 5.69 Å². The van der Waals surface area contributed by atoms with Crippen LogP contribution >= 0.6 is 0 Å². The highest BCUT2D eigenvalue weighted by Gasteiger charge is 2.51. The molecule has 1 N–H and O–H groups in total. The van der Waals surface area contributed by atoms with Crippen molar-refractivity contribution in [3.05, 3.63) is 33.9 Å². The van der Waals surface area contributed by atoms with Gasteiger partial charge in [0.15, 0.2) is 0 Å². The lowest BCUT2D eigenvalue weighted by Gasteiger charge is -2.54. The number of nitrogens with one attached hydrogen (secondary N) is 1. The Morgan fingerprint density at radius 3 is 2.76 bits per heavy atom. The Balaban J connectivity index is 2.16. The molecule has 3 unspecified atom stereocenters. The van der Waals surface area contributed by atoms with Crippen LogP contribution in [0.4, 0.5) is 11.4 Å². The third kappa shape index (κ3) is 2.75. The number of nitrogens with zero attached hydrogens (tertiary/aromatic N) is 1. The average Bonchev–Trinajstić information content (AvgIpc) is 2.46. The summed E-state index contributed by atoms with van der Waals surface area (Å²) >= 11 is 0. The van der Waals surface area contributed by atoms with E-state index < -0.39 is 0 Å². The van der Waals surface area contributed by atoms with Crippen LogP contribution in [0.25, 0.3) is 0 Å². The van der Waals surface area contributed by atoms with E-state index in [1.807, 2.05) is 13.0 Å². The highest BCUT2D eigenvalue weighted by Crippen LogP contribution is 2.47. The lowest BCUT2D eigenvalue weighted by Crippen LogP contribution is -2.59. The van der Waals surface area contributed by atoms with Crippen molar-refractivity contribution >= 4 is 11.4 Å². The molecule has 1 fully saturated rings. The zero-order valence-corrected chi connectivity index (χ0v) is 13.2. The van der Waals surface area contributed by atoms with E-state index >= 15 is 0 Å². The molecule has 1 aliphatic carbocycles. The Labute approximate surface area is 125 Å². The summed E-state index contributed by atoms with van der Waals surface area (Å²) < 4.78 is 5.80. The van der Waals surface area contributed by atoms with Crippen LogP contribution in [0.3, 0.4) is 0 Å². The van der Waals surface area contributed by atoms with Gasteiger partial charge in [0, 0.05) is 35.4 Å². The molecule has 2 rings (SSSR count). The highest BCUT2D eigenvalue weighted by atomic mass is 16.6. The van der Waals surface area contributed by atoms with E-state index in [0.717, 1.165) is 25.1 Å². The van der Waals surface area contributed by atoms with Gasteiger partial charge in [0.05, 0.1) is 11.0 Å². The zero-order chi connectivity index (χ0) is 15.6. The fourth-order valence-corrected chi connectivity index (χ4v) is 3.14. The molecule has 0 heterocycles. The van der Waals surface area contributed by atoms with Gasteiger partial charge in [-0.25, -0.2) is 0 Å². The summed E-state index contributed by atoms with van der Waals surface area (Å²) in [5.41, 5.74) is 1.79. The summed E-state index contributed by atoms with van der Waals surface area (Å²) in [5, 5.41) is 14.5. The molecule has 0 spiro atoms. The van der Waals surface area contributed by atoms with Crippen molar-refractivity contribution in [1.29, 1.82) is 0 Å². The highest BCUT2D eigenvalue weighted by molar-refractivity contribution is 5.60. The standard InChI is InChI=1S/C16H24N2O3/c1-5-16(4)14(10-15(16)21-6-2)17-12-8-7-9-13(11(12)3)18(19)20/h7-9,14-15,17H,5-6,10H2,1-4H3. The molecule has 1 saturated carbocycles. The molecule has 1 aliphatic rings. The molecular formula is C16H24N2O3. The van der Waals surface area contributed by atoms with E-state index in [0.29, 0.717) is 11.6 Å². The van der Waals surface area contributed by atoms with E-state index in [-0.39, 0.29) is 22.1 Å². The molecule has 116 valence electrons.